The van der Waals surface area contributed by atoms with E-state index in [4.69, 9.17) is 0 Å². The molecule has 0 fully saturated rings. The van der Waals surface area contributed by atoms with Crippen molar-refractivity contribution < 1.29 is 9.90 Å². The van der Waals surface area contributed by atoms with Gasteiger partial charge in [0.05, 0.1) is 12.6 Å². The molecule has 23 heavy (non-hydrogen) atoms. The Morgan fingerprint density at radius 2 is 1.96 bits per heavy atom. The third-order valence-electron chi connectivity index (χ3n) is 4.02. The van der Waals surface area contributed by atoms with E-state index in [0.717, 1.165) is 17.7 Å². The summed E-state index contributed by atoms with van der Waals surface area (Å²) in [5.74, 6) is 0.0235. The third-order valence-corrected chi connectivity index (χ3v) is 4.02. The Hall–Kier alpha value is -2.14. The zero-order valence-electron chi connectivity index (χ0n) is 14.2. The van der Waals surface area contributed by atoms with Crippen molar-refractivity contribution in [3.05, 3.63) is 52.8 Å². The van der Waals surface area contributed by atoms with Gasteiger partial charge in [-0.3, -0.25) is 9.48 Å². The van der Waals surface area contributed by atoms with E-state index in [1.807, 2.05) is 31.3 Å². The number of benzene rings is 1. The fourth-order valence-corrected chi connectivity index (χ4v) is 2.59. The normalized spacial score (nSPS) is 12.4. The molecule has 1 atom stereocenters. The van der Waals surface area contributed by atoms with Gasteiger partial charge in [-0.05, 0) is 29.5 Å². The number of amides is 1. The maximum atomic E-state index is 12.4. The van der Waals surface area contributed by atoms with Gasteiger partial charge in [0.1, 0.15) is 5.69 Å². The smallest absolute Gasteiger partial charge is 0.272 e. The van der Waals surface area contributed by atoms with Crippen LogP contribution in [0.1, 0.15) is 60.0 Å². The molecule has 1 heterocycles. The zero-order chi connectivity index (χ0) is 17.0. The quantitative estimate of drug-likeness (QED) is 0.861. The van der Waals surface area contributed by atoms with E-state index in [1.54, 1.807) is 10.7 Å². The fraction of sp³-hybridized carbons (Fsp3) is 0.444. The van der Waals surface area contributed by atoms with Crippen molar-refractivity contribution in [2.24, 2.45) is 7.05 Å². The van der Waals surface area contributed by atoms with E-state index in [9.17, 15) is 9.90 Å². The number of hydrogen-bond donors (Lipinski definition) is 2. The summed E-state index contributed by atoms with van der Waals surface area (Å²) in [6.45, 7) is 6.06. The second-order valence-electron chi connectivity index (χ2n) is 6.04. The van der Waals surface area contributed by atoms with Gasteiger partial charge in [0.15, 0.2) is 0 Å². The lowest BCUT2D eigenvalue weighted by Gasteiger charge is -2.16. The minimum atomic E-state index is -0.432. The second kappa shape index (κ2) is 7.42. The summed E-state index contributed by atoms with van der Waals surface area (Å²) in [7, 11) is 1.83. The highest BCUT2D eigenvalue weighted by Crippen LogP contribution is 2.17. The number of aliphatic hydroxyl groups is 1. The molecule has 1 aromatic heterocycles. The SMILES string of the molecule is CCc1ccc(C(CO)NC(=O)c2cc(C(C)C)n(C)n2)cc1. The highest BCUT2D eigenvalue weighted by molar-refractivity contribution is 5.92. The van der Waals surface area contributed by atoms with Gasteiger partial charge in [-0.25, -0.2) is 0 Å². The molecule has 0 spiro atoms. The molecule has 2 N–H and O–H groups in total. The van der Waals surface area contributed by atoms with Gasteiger partial charge in [-0.15, -0.1) is 0 Å². The first-order chi connectivity index (χ1) is 11.0. The predicted octanol–water partition coefficient (Wildman–Crippen LogP) is 2.57. The van der Waals surface area contributed by atoms with Crippen molar-refractivity contribution >= 4 is 5.91 Å². The summed E-state index contributed by atoms with van der Waals surface area (Å²) in [6, 6.07) is 9.28. The van der Waals surface area contributed by atoms with Gasteiger partial charge in [-0.1, -0.05) is 45.0 Å². The number of carbonyl (C=O) groups excluding carboxylic acids is 1. The van der Waals surface area contributed by atoms with Crippen molar-refractivity contribution in [3.8, 4) is 0 Å². The van der Waals surface area contributed by atoms with Crippen molar-refractivity contribution in [2.75, 3.05) is 6.61 Å². The first kappa shape index (κ1) is 17.2. The van der Waals surface area contributed by atoms with E-state index in [2.05, 4.69) is 31.2 Å². The molecule has 0 radical (unpaired) electrons. The Labute approximate surface area is 137 Å². The van der Waals surface area contributed by atoms with Crippen LogP contribution in [0.25, 0.3) is 0 Å². The molecule has 0 saturated carbocycles. The molecule has 2 rings (SSSR count). The number of aromatic nitrogens is 2. The number of aryl methyl sites for hydroxylation is 2. The minimum absolute atomic E-state index is 0.152. The maximum Gasteiger partial charge on any atom is 0.272 e. The average Bonchev–Trinajstić information content (AvgIpc) is 2.95. The van der Waals surface area contributed by atoms with Gasteiger partial charge in [0.25, 0.3) is 5.91 Å². The van der Waals surface area contributed by atoms with Crippen LogP contribution in [0.5, 0.6) is 0 Å². The first-order valence-corrected chi connectivity index (χ1v) is 8.00. The van der Waals surface area contributed by atoms with Crippen molar-refractivity contribution in [1.82, 2.24) is 15.1 Å². The third kappa shape index (κ3) is 3.99. The largest absolute Gasteiger partial charge is 0.394 e. The van der Waals surface area contributed by atoms with E-state index >= 15 is 0 Å². The Morgan fingerprint density at radius 1 is 1.30 bits per heavy atom. The standard InChI is InChI=1S/C18H25N3O2/c1-5-13-6-8-14(9-7-13)16(11-22)19-18(23)15-10-17(12(2)3)21(4)20-15/h6-10,12,16,22H,5,11H2,1-4H3,(H,19,23). The highest BCUT2D eigenvalue weighted by atomic mass is 16.3. The van der Waals surface area contributed by atoms with Crippen LogP contribution in [0.4, 0.5) is 0 Å². The lowest BCUT2D eigenvalue weighted by molar-refractivity contribution is 0.0910. The molecule has 5 heteroatoms. The Morgan fingerprint density at radius 3 is 2.43 bits per heavy atom. The molecule has 2 aromatic rings. The first-order valence-electron chi connectivity index (χ1n) is 8.00. The van der Waals surface area contributed by atoms with Crippen molar-refractivity contribution in [2.45, 2.75) is 39.2 Å². The van der Waals surface area contributed by atoms with Gasteiger partial charge in [0, 0.05) is 12.7 Å². The number of aliphatic hydroxyl groups excluding tert-OH is 1. The molecule has 1 amide bonds. The predicted molar refractivity (Wildman–Crippen MR) is 90.4 cm³/mol. The van der Waals surface area contributed by atoms with Crippen molar-refractivity contribution in [3.63, 3.8) is 0 Å². The lowest BCUT2D eigenvalue weighted by Crippen LogP contribution is -2.31. The van der Waals surface area contributed by atoms with Gasteiger partial charge in [-0.2, -0.15) is 5.10 Å². The summed E-state index contributed by atoms with van der Waals surface area (Å²) >= 11 is 0. The molecule has 0 aliphatic carbocycles. The summed E-state index contributed by atoms with van der Waals surface area (Å²) in [5.41, 5.74) is 3.49. The molecule has 0 bridgehead atoms. The Balaban J connectivity index is 2.14. The van der Waals surface area contributed by atoms with Gasteiger partial charge >= 0.3 is 0 Å². The topological polar surface area (TPSA) is 67.2 Å². The Bertz CT molecular complexity index is 659. The van der Waals surface area contributed by atoms with E-state index in [-0.39, 0.29) is 12.5 Å². The molecule has 0 saturated heterocycles. The summed E-state index contributed by atoms with van der Waals surface area (Å²) in [6.07, 6.45) is 0.961. The number of nitrogens with zero attached hydrogens (tertiary/aromatic N) is 2. The average molecular weight is 315 g/mol. The summed E-state index contributed by atoms with van der Waals surface area (Å²) in [4.78, 5) is 12.4. The molecule has 0 aliphatic rings. The molecule has 0 aliphatic heterocycles. The number of rotatable bonds is 6. The summed E-state index contributed by atoms with van der Waals surface area (Å²) < 4.78 is 1.73. The molecular weight excluding hydrogens is 290 g/mol. The minimum Gasteiger partial charge on any atom is -0.394 e. The van der Waals surface area contributed by atoms with Crippen LogP contribution >= 0.6 is 0 Å². The van der Waals surface area contributed by atoms with Crippen LogP contribution in [0.3, 0.4) is 0 Å². The highest BCUT2D eigenvalue weighted by Gasteiger charge is 2.19. The van der Waals surface area contributed by atoms with Crippen molar-refractivity contribution in [1.29, 1.82) is 0 Å². The van der Waals surface area contributed by atoms with Crippen LogP contribution in [-0.4, -0.2) is 27.4 Å². The van der Waals surface area contributed by atoms with Gasteiger partial charge in [0.2, 0.25) is 0 Å². The fourth-order valence-electron chi connectivity index (χ4n) is 2.59. The summed E-state index contributed by atoms with van der Waals surface area (Å²) in [5, 5.41) is 16.7. The number of nitrogens with one attached hydrogen (secondary N) is 1. The second-order valence-corrected chi connectivity index (χ2v) is 6.04. The van der Waals surface area contributed by atoms with Crippen LogP contribution in [-0.2, 0) is 13.5 Å². The monoisotopic (exact) mass is 315 g/mol. The van der Waals surface area contributed by atoms with Crippen LogP contribution < -0.4 is 5.32 Å². The van der Waals surface area contributed by atoms with Crippen LogP contribution in [0.2, 0.25) is 0 Å². The Kier molecular flexibility index (Phi) is 5.55. The molecule has 1 unspecified atom stereocenters. The van der Waals surface area contributed by atoms with E-state index < -0.39 is 6.04 Å². The van der Waals surface area contributed by atoms with Crippen LogP contribution in [0.15, 0.2) is 30.3 Å². The maximum absolute atomic E-state index is 12.4. The number of carbonyl (C=O) groups is 1. The van der Waals surface area contributed by atoms with Gasteiger partial charge < -0.3 is 10.4 Å². The molecule has 124 valence electrons. The lowest BCUT2D eigenvalue weighted by atomic mass is 10.0. The van der Waals surface area contributed by atoms with Crippen LogP contribution in [0, 0.1) is 0 Å². The van der Waals surface area contributed by atoms with E-state index in [0.29, 0.717) is 11.6 Å². The molecule has 5 nitrogen and oxygen atoms in total. The number of hydrogen-bond acceptors (Lipinski definition) is 3. The molecule has 1 aromatic carbocycles. The molecular formula is C18H25N3O2. The van der Waals surface area contributed by atoms with E-state index in [1.165, 1.54) is 5.56 Å². The zero-order valence-corrected chi connectivity index (χ0v) is 14.2.